The molecule has 194 valence electrons. The second kappa shape index (κ2) is 9.03. The van der Waals surface area contributed by atoms with Crippen molar-refractivity contribution in [3.8, 4) is 0 Å². The Morgan fingerprint density at radius 2 is 1.86 bits per heavy atom. The Kier molecular flexibility index (Phi) is 6.08. The van der Waals surface area contributed by atoms with Crippen LogP contribution in [0.5, 0.6) is 0 Å². The van der Waals surface area contributed by atoms with Gasteiger partial charge in [0.2, 0.25) is 5.91 Å². The molecule has 3 saturated heterocycles. The number of alkyl halides is 3. The SMILES string of the molecule is Cc1cccc([C@H]2[C@@H](N3C4CCC3COC4)CCN2C(=O)Cn2nc(C3CC3)cc2C(F)(F)F)c1Cl. The van der Waals surface area contributed by atoms with Crippen LogP contribution >= 0.6 is 11.6 Å². The van der Waals surface area contributed by atoms with E-state index in [4.69, 9.17) is 16.3 Å². The van der Waals surface area contributed by atoms with Crippen LogP contribution < -0.4 is 0 Å². The molecule has 36 heavy (non-hydrogen) atoms. The minimum Gasteiger partial charge on any atom is -0.378 e. The van der Waals surface area contributed by atoms with E-state index in [0.29, 0.717) is 42.6 Å². The number of carbonyl (C=O) groups excluding carboxylic acids is 1. The lowest BCUT2D eigenvalue weighted by Gasteiger charge is -2.42. The number of hydrogen-bond donors (Lipinski definition) is 0. The van der Waals surface area contributed by atoms with Gasteiger partial charge in [-0.1, -0.05) is 29.8 Å². The molecule has 4 heterocycles. The minimum absolute atomic E-state index is 0.0383. The van der Waals surface area contributed by atoms with Gasteiger partial charge in [0.15, 0.2) is 0 Å². The van der Waals surface area contributed by atoms with Crippen molar-refractivity contribution in [3.63, 3.8) is 0 Å². The Morgan fingerprint density at radius 3 is 2.53 bits per heavy atom. The Morgan fingerprint density at radius 1 is 1.14 bits per heavy atom. The molecule has 1 aliphatic carbocycles. The second-order valence-corrected chi connectivity index (χ2v) is 11.0. The molecule has 1 amide bonds. The van der Waals surface area contributed by atoms with Gasteiger partial charge >= 0.3 is 6.18 Å². The summed E-state index contributed by atoms with van der Waals surface area (Å²) in [6.45, 7) is 3.29. The summed E-state index contributed by atoms with van der Waals surface area (Å²) in [6, 6.07) is 7.20. The smallest absolute Gasteiger partial charge is 0.378 e. The number of likely N-dealkylation sites (tertiary alicyclic amines) is 1. The first kappa shape index (κ1) is 24.2. The molecule has 10 heteroatoms. The Hall–Kier alpha value is -2.10. The van der Waals surface area contributed by atoms with Gasteiger partial charge < -0.3 is 9.64 Å². The summed E-state index contributed by atoms with van der Waals surface area (Å²) in [7, 11) is 0. The molecule has 0 N–H and O–H groups in total. The zero-order valence-electron chi connectivity index (χ0n) is 20.2. The van der Waals surface area contributed by atoms with Crippen molar-refractivity contribution in [2.45, 2.75) is 81.8 Å². The zero-order valence-corrected chi connectivity index (χ0v) is 20.9. The van der Waals surface area contributed by atoms with Crippen LogP contribution in [0.25, 0.3) is 0 Å². The number of halogens is 4. The number of fused-ring (bicyclic) bond motifs is 2. The first-order valence-electron chi connectivity index (χ1n) is 12.8. The molecule has 4 atom stereocenters. The third kappa shape index (κ3) is 4.23. The van der Waals surface area contributed by atoms with Gasteiger partial charge in [0, 0.05) is 35.6 Å². The number of aromatic nitrogens is 2. The molecule has 4 aliphatic rings. The maximum atomic E-state index is 13.8. The van der Waals surface area contributed by atoms with E-state index >= 15 is 0 Å². The molecule has 4 fully saturated rings. The van der Waals surface area contributed by atoms with E-state index < -0.39 is 18.4 Å². The summed E-state index contributed by atoms with van der Waals surface area (Å²) in [5.41, 5.74) is 1.34. The molecule has 0 spiro atoms. The molecule has 6 nitrogen and oxygen atoms in total. The number of hydrogen-bond acceptors (Lipinski definition) is 4. The van der Waals surface area contributed by atoms with Crippen molar-refractivity contribution in [3.05, 3.63) is 51.8 Å². The van der Waals surface area contributed by atoms with E-state index in [1.54, 1.807) is 4.90 Å². The van der Waals surface area contributed by atoms with Crippen molar-refractivity contribution in [1.29, 1.82) is 0 Å². The number of morpholine rings is 1. The highest BCUT2D eigenvalue weighted by Crippen LogP contribution is 2.45. The van der Waals surface area contributed by atoms with Crippen molar-refractivity contribution < 1.29 is 22.7 Å². The van der Waals surface area contributed by atoms with Gasteiger partial charge in [-0.3, -0.25) is 14.4 Å². The zero-order chi connectivity index (χ0) is 25.2. The molecule has 3 aliphatic heterocycles. The summed E-state index contributed by atoms with van der Waals surface area (Å²) >= 11 is 6.78. The molecule has 1 aromatic carbocycles. The summed E-state index contributed by atoms with van der Waals surface area (Å²) < 4.78 is 48.0. The van der Waals surface area contributed by atoms with Crippen molar-refractivity contribution in [2.24, 2.45) is 0 Å². The maximum Gasteiger partial charge on any atom is 0.433 e. The monoisotopic (exact) mass is 522 g/mol. The van der Waals surface area contributed by atoms with Gasteiger partial charge in [-0.2, -0.15) is 18.3 Å². The number of aryl methyl sites for hydroxylation is 1. The third-order valence-electron chi connectivity index (χ3n) is 8.28. The van der Waals surface area contributed by atoms with Gasteiger partial charge in [-0.15, -0.1) is 0 Å². The van der Waals surface area contributed by atoms with Crippen LogP contribution in [0, 0.1) is 6.92 Å². The first-order valence-corrected chi connectivity index (χ1v) is 13.1. The van der Waals surface area contributed by atoms with E-state index in [-0.39, 0.29) is 23.9 Å². The summed E-state index contributed by atoms with van der Waals surface area (Å²) in [4.78, 5) is 17.9. The number of carbonyl (C=O) groups is 1. The number of ether oxygens (including phenoxy) is 1. The lowest BCUT2D eigenvalue weighted by atomic mass is 9.95. The predicted molar refractivity (Wildman–Crippen MR) is 128 cm³/mol. The van der Waals surface area contributed by atoms with E-state index in [1.165, 1.54) is 0 Å². The fraction of sp³-hybridized carbons (Fsp3) is 0.615. The minimum atomic E-state index is -4.57. The standard InChI is InChI=1S/C26H30ClF3N4O2/c1-15-3-2-4-19(24(15)27)25-21(34-17-7-8-18(34)14-36-13-17)9-10-32(25)23(35)12-33-22(26(28,29)30)11-20(31-33)16-5-6-16/h2-4,11,16-18,21,25H,5-10,12-14H2,1H3/t17?,18?,21-,25-/m0/s1. The fourth-order valence-electron chi connectivity index (χ4n) is 6.43. The lowest BCUT2D eigenvalue weighted by Crippen LogP contribution is -2.53. The van der Waals surface area contributed by atoms with Crippen LogP contribution in [0.2, 0.25) is 5.02 Å². The average Bonchev–Trinajstić information content (AvgIpc) is 3.36. The highest BCUT2D eigenvalue weighted by molar-refractivity contribution is 6.32. The van der Waals surface area contributed by atoms with Crippen LogP contribution in [-0.2, 0) is 22.3 Å². The van der Waals surface area contributed by atoms with Crippen LogP contribution in [0.15, 0.2) is 24.3 Å². The highest BCUT2D eigenvalue weighted by Gasteiger charge is 2.49. The predicted octanol–water partition coefficient (Wildman–Crippen LogP) is 4.95. The van der Waals surface area contributed by atoms with E-state index in [9.17, 15) is 18.0 Å². The number of nitrogens with zero attached hydrogens (tertiary/aromatic N) is 4. The molecule has 1 aromatic heterocycles. The van der Waals surface area contributed by atoms with Gasteiger partial charge in [0.1, 0.15) is 12.2 Å². The van der Waals surface area contributed by atoms with Gasteiger partial charge in [-0.25, -0.2) is 0 Å². The number of benzene rings is 1. The van der Waals surface area contributed by atoms with E-state index in [1.807, 2.05) is 25.1 Å². The van der Waals surface area contributed by atoms with Crippen molar-refractivity contribution in [1.82, 2.24) is 19.6 Å². The molecule has 1 saturated carbocycles. The third-order valence-corrected chi connectivity index (χ3v) is 8.79. The van der Waals surface area contributed by atoms with Crippen molar-refractivity contribution >= 4 is 17.5 Å². The molecule has 2 unspecified atom stereocenters. The van der Waals surface area contributed by atoms with Crippen LogP contribution in [-0.4, -0.2) is 63.4 Å². The van der Waals surface area contributed by atoms with Crippen LogP contribution in [0.1, 0.15) is 66.6 Å². The summed E-state index contributed by atoms with van der Waals surface area (Å²) in [5, 5.41) is 4.83. The van der Waals surface area contributed by atoms with Crippen LogP contribution in [0.4, 0.5) is 13.2 Å². The molecule has 2 bridgehead atoms. The van der Waals surface area contributed by atoms with Crippen molar-refractivity contribution in [2.75, 3.05) is 19.8 Å². The second-order valence-electron chi connectivity index (χ2n) is 10.6. The molecular weight excluding hydrogens is 493 g/mol. The largest absolute Gasteiger partial charge is 0.433 e. The molecule has 0 radical (unpaired) electrons. The Bertz CT molecular complexity index is 1150. The molecular formula is C26H30ClF3N4O2. The molecule has 2 aromatic rings. The van der Waals surface area contributed by atoms with Crippen LogP contribution in [0.3, 0.4) is 0 Å². The number of rotatable bonds is 5. The Labute approximate surface area is 213 Å². The maximum absolute atomic E-state index is 13.8. The normalized spacial score (nSPS) is 28.8. The van der Waals surface area contributed by atoms with E-state index in [2.05, 4.69) is 10.00 Å². The van der Waals surface area contributed by atoms with E-state index in [0.717, 1.165) is 54.0 Å². The lowest BCUT2D eigenvalue weighted by molar-refractivity contribution is -0.146. The highest BCUT2D eigenvalue weighted by atomic mass is 35.5. The average molecular weight is 523 g/mol. The van der Waals surface area contributed by atoms with Gasteiger partial charge in [0.25, 0.3) is 0 Å². The Balaban J connectivity index is 1.33. The summed E-state index contributed by atoms with van der Waals surface area (Å²) in [5.74, 6) is -0.300. The number of amides is 1. The molecule has 6 rings (SSSR count). The summed E-state index contributed by atoms with van der Waals surface area (Å²) in [6.07, 6.45) is -0.0463. The first-order chi connectivity index (χ1) is 17.2. The fourth-order valence-corrected chi connectivity index (χ4v) is 6.66. The quantitative estimate of drug-likeness (QED) is 0.558. The van der Waals surface area contributed by atoms with Gasteiger partial charge in [0.05, 0.1) is 24.9 Å². The van der Waals surface area contributed by atoms with Gasteiger partial charge in [-0.05, 0) is 56.2 Å². The topological polar surface area (TPSA) is 50.6 Å².